The average molecular weight is 424 g/mol. The van der Waals surface area contributed by atoms with Crippen LogP contribution in [0.1, 0.15) is 81.3 Å². The van der Waals surface area contributed by atoms with E-state index in [1.54, 1.807) is 11.3 Å². The van der Waals surface area contributed by atoms with Gasteiger partial charge in [0.05, 0.1) is 0 Å². The van der Waals surface area contributed by atoms with Crippen LogP contribution in [-0.4, -0.2) is 0 Å². The van der Waals surface area contributed by atoms with Crippen molar-refractivity contribution in [1.29, 1.82) is 0 Å². The molecule has 0 fully saturated rings. The standard InChI is InChI=1S/C30H31S/c1-29(2,3)21-11-10-19-14-26-27(24-9-7-8-23(24)20-12-13-31-18-20)16-22(30(4,5)6)17-28(26)25(19)15-21/h7-8,10-18H,9H2,1-6H3. The molecule has 0 bridgehead atoms. The molecule has 1 heterocycles. The van der Waals surface area contributed by atoms with Gasteiger partial charge >= 0.3 is 0 Å². The maximum absolute atomic E-state index is 2.46. The summed E-state index contributed by atoms with van der Waals surface area (Å²) in [7, 11) is 0. The first-order valence-corrected chi connectivity index (χ1v) is 12.2. The first-order chi connectivity index (χ1) is 14.6. The van der Waals surface area contributed by atoms with Gasteiger partial charge in [-0.15, -0.1) is 0 Å². The van der Waals surface area contributed by atoms with Crippen LogP contribution >= 0.6 is 11.3 Å². The fraction of sp³-hybridized carbons (Fsp3) is 0.300. The molecule has 1 heteroatoms. The maximum Gasteiger partial charge on any atom is 0.0218 e. The molecule has 157 valence electrons. The third-order valence-electron chi connectivity index (χ3n) is 6.64. The highest BCUT2D eigenvalue weighted by Gasteiger charge is 2.29. The Morgan fingerprint density at radius 1 is 0.774 bits per heavy atom. The normalized spacial score (nSPS) is 15.5. The highest BCUT2D eigenvalue weighted by molar-refractivity contribution is 7.08. The van der Waals surface area contributed by atoms with Crippen LogP contribution in [-0.2, 0) is 10.8 Å². The van der Waals surface area contributed by atoms with Crippen LogP contribution in [0.15, 0.2) is 59.3 Å². The minimum Gasteiger partial charge on any atom is -0.152 e. The SMILES string of the molecule is CC(C)(C)c1ccc2c(c1)-c1cc(C(C)(C)C)cc(C3=C(c4ccsc4)C=CC3)c1[CH]2. The molecule has 0 amide bonds. The van der Waals surface area contributed by atoms with E-state index in [4.69, 9.17) is 0 Å². The topological polar surface area (TPSA) is 0 Å². The first kappa shape index (κ1) is 20.5. The zero-order valence-corrected chi connectivity index (χ0v) is 20.3. The lowest BCUT2D eigenvalue weighted by Crippen LogP contribution is -2.12. The minimum atomic E-state index is 0.101. The van der Waals surface area contributed by atoms with E-state index in [0.29, 0.717) is 0 Å². The van der Waals surface area contributed by atoms with Gasteiger partial charge in [0.2, 0.25) is 0 Å². The van der Waals surface area contributed by atoms with Gasteiger partial charge in [0.1, 0.15) is 0 Å². The van der Waals surface area contributed by atoms with Crippen molar-refractivity contribution in [3.8, 4) is 11.1 Å². The Balaban J connectivity index is 1.76. The summed E-state index contributed by atoms with van der Waals surface area (Å²) >= 11 is 1.77. The predicted molar refractivity (Wildman–Crippen MR) is 137 cm³/mol. The molecule has 2 aliphatic rings. The van der Waals surface area contributed by atoms with E-state index in [0.717, 1.165) is 6.42 Å². The van der Waals surface area contributed by atoms with Crippen molar-refractivity contribution in [2.24, 2.45) is 0 Å². The molecular weight excluding hydrogens is 392 g/mol. The van der Waals surface area contributed by atoms with Gasteiger partial charge in [-0.2, -0.15) is 11.3 Å². The fourth-order valence-electron chi connectivity index (χ4n) is 4.70. The van der Waals surface area contributed by atoms with Crippen molar-refractivity contribution in [3.63, 3.8) is 0 Å². The maximum atomic E-state index is 2.46. The second-order valence-electron chi connectivity index (χ2n) is 10.9. The molecule has 0 atom stereocenters. The van der Waals surface area contributed by atoms with Crippen molar-refractivity contribution in [3.05, 3.63) is 99.1 Å². The highest BCUT2D eigenvalue weighted by atomic mass is 32.1. The van der Waals surface area contributed by atoms with Crippen LogP contribution in [0.3, 0.4) is 0 Å². The predicted octanol–water partition coefficient (Wildman–Crippen LogP) is 8.79. The minimum absolute atomic E-state index is 0.101. The summed E-state index contributed by atoms with van der Waals surface area (Å²) in [4.78, 5) is 0. The van der Waals surface area contributed by atoms with Gasteiger partial charge in [0, 0.05) is 6.42 Å². The lowest BCUT2D eigenvalue weighted by atomic mass is 9.81. The van der Waals surface area contributed by atoms with Gasteiger partial charge in [0.15, 0.2) is 0 Å². The second-order valence-corrected chi connectivity index (χ2v) is 11.7. The van der Waals surface area contributed by atoms with Crippen molar-refractivity contribution in [2.45, 2.75) is 58.8 Å². The molecule has 2 aromatic carbocycles. The van der Waals surface area contributed by atoms with Crippen LogP contribution in [0, 0.1) is 6.42 Å². The van der Waals surface area contributed by atoms with Crippen LogP contribution in [0.4, 0.5) is 0 Å². The van der Waals surface area contributed by atoms with Crippen LogP contribution < -0.4 is 0 Å². The molecular formula is C30H31S. The van der Waals surface area contributed by atoms with Crippen LogP contribution in [0.25, 0.3) is 22.3 Å². The van der Waals surface area contributed by atoms with Gasteiger partial charge in [-0.25, -0.2) is 0 Å². The number of benzene rings is 2. The summed E-state index contributed by atoms with van der Waals surface area (Å²) in [6.07, 6.45) is 8.05. The molecule has 0 N–H and O–H groups in total. The Bertz CT molecular complexity index is 1220. The van der Waals surface area contributed by atoms with E-state index in [-0.39, 0.29) is 10.8 Å². The molecule has 0 nitrogen and oxygen atoms in total. The molecule has 0 aliphatic heterocycles. The molecule has 0 saturated carbocycles. The third kappa shape index (κ3) is 3.53. The quantitative estimate of drug-likeness (QED) is 0.302. The lowest BCUT2D eigenvalue weighted by molar-refractivity contribution is 0.589. The van der Waals surface area contributed by atoms with E-state index in [9.17, 15) is 0 Å². The van der Waals surface area contributed by atoms with E-state index in [1.807, 2.05) is 0 Å². The summed E-state index contributed by atoms with van der Waals surface area (Å²) in [6.45, 7) is 13.9. The number of thiophene rings is 1. The smallest absolute Gasteiger partial charge is 0.0218 e. The summed E-state index contributed by atoms with van der Waals surface area (Å²) in [5.41, 5.74) is 14.2. The Morgan fingerprint density at radius 2 is 1.48 bits per heavy atom. The van der Waals surface area contributed by atoms with Crippen molar-refractivity contribution >= 4 is 22.5 Å². The number of rotatable bonds is 2. The van der Waals surface area contributed by atoms with Crippen molar-refractivity contribution < 1.29 is 0 Å². The van der Waals surface area contributed by atoms with Gasteiger partial charge in [-0.1, -0.05) is 84.0 Å². The molecule has 0 saturated heterocycles. The van der Waals surface area contributed by atoms with E-state index >= 15 is 0 Å². The summed E-state index contributed by atoms with van der Waals surface area (Å²) in [5.74, 6) is 0. The molecule has 3 aromatic rings. The van der Waals surface area contributed by atoms with Gasteiger partial charge in [0.25, 0.3) is 0 Å². The van der Waals surface area contributed by atoms with E-state index in [2.05, 4.69) is 107 Å². The van der Waals surface area contributed by atoms with Gasteiger partial charge in [-0.05, 0) is 89.7 Å². The van der Waals surface area contributed by atoms with E-state index < -0.39 is 0 Å². The zero-order valence-electron chi connectivity index (χ0n) is 19.5. The second kappa shape index (κ2) is 7.07. The molecule has 1 aromatic heterocycles. The summed E-state index contributed by atoms with van der Waals surface area (Å²) in [5, 5.41) is 4.45. The molecule has 2 aliphatic carbocycles. The highest BCUT2D eigenvalue weighted by Crippen LogP contribution is 2.48. The van der Waals surface area contributed by atoms with Crippen LogP contribution in [0.5, 0.6) is 0 Å². The molecule has 1 radical (unpaired) electrons. The summed E-state index contributed by atoms with van der Waals surface area (Å²) < 4.78 is 0. The van der Waals surface area contributed by atoms with Gasteiger partial charge < -0.3 is 0 Å². The average Bonchev–Trinajstić information content (AvgIpc) is 3.43. The number of allylic oxidation sites excluding steroid dienone is 4. The van der Waals surface area contributed by atoms with Crippen molar-refractivity contribution in [2.75, 3.05) is 0 Å². The lowest BCUT2D eigenvalue weighted by Gasteiger charge is -2.24. The first-order valence-electron chi connectivity index (χ1n) is 11.2. The van der Waals surface area contributed by atoms with Gasteiger partial charge in [-0.3, -0.25) is 0 Å². The monoisotopic (exact) mass is 423 g/mol. The molecule has 0 unspecified atom stereocenters. The van der Waals surface area contributed by atoms with Crippen LogP contribution in [0.2, 0.25) is 0 Å². The number of hydrogen-bond donors (Lipinski definition) is 0. The largest absolute Gasteiger partial charge is 0.152 e. The number of hydrogen-bond acceptors (Lipinski definition) is 1. The Kier molecular flexibility index (Phi) is 4.68. The fourth-order valence-corrected chi connectivity index (χ4v) is 5.36. The Morgan fingerprint density at radius 3 is 2.16 bits per heavy atom. The van der Waals surface area contributed by atoms with Crippen molar-refractivity contribution in [1.82, 2.24) is 0 Å². The molecule has 0 spiro atoms. The Hall–Kier alpha value is -2.38. The van der Waals surface area contributed by atoms with E-state index in [1.165, 1.54) is 55.7 Å². The molecule has 31 heavy (non-hydrogen) atoms. The zero-order chi connectivity index (χ0) is 22.0. The number of fused-ring (bicyclic) bond motifs is 3. The molecule has 5 rings (SSSR count). The Labute approximate surface area is 191 Å². The summed E-state index contributed by atoms with van der Waals surface area (Å²) in [6, 6.07) is 14.2. The third-order valence-corrected chi connectivity index (χ3v) is 7.33.